The molecule has 0 fully saturated rings. The molecular weight excluding hydrogens is 450 g/mol. The molecule has 0 saturated heterocycles. The number of carbonyl (C=O) groups is 1. The zero-order valence-electron chi connectivity index (χ0n) is 17.3. The van der Waals surface area contributed by atoms with Gasteiger partial charge in [0.05, 0.1) is 6.26 Å². The number of amides is 1. The van der Waals surface area contributed by atoms with Crippen molar-refractivity contribution in [2.75, 3.05) is 6.26 Å². The van der Waals surface area contributed by atoms with E-state index in [4.69, 9.17) is 11.6 Å². The second kappa shape index (κ2) is 8.29. The minimum absolute atomic E-state index is 0.0610. The topological polar surface area (TPSA) is 101 Å². The summed E-state index contributed by atoms with van der Waals surface area (Å²) in [6.07, 6.45) is 2.39. The number of fused-ring (bicyclic) bond motifs is 1. The maximum absolute atomic E-state index is 13.2. The molecule has 2 aromatic heterocycles. The average Bonchev–Trinajstić information content (AvgIpc) is 3.00. The molecule has 164 valence electrons. The molecule has 0 saturated carbocycles. The van der Waals surface area contributed by atoms with Gasteiger partial charge in [0.2, 0.25) is 10.0 Å². The van der Waals surface area contributed by atoms with E-state index >= 15 is 0 Å². The molecule has 2 heterocycles. The number of nitrogens with one attached hydrogen (secondary N) is 2. The number of hydrogen-bond acceptors (Lipinski definition) is 4. The summed E-state index contributed by atoms with van der Waals surface area (Å²) >= 11 is 6.25. The first kappa shape index (κ1) is 21.9. The first-order chi connectivity index (χ1) is 15.1. The second-order valence-corrected chi connectivity index (χ2v) is 9.76. The number of nitrogens with zero attached hydrogens (tertiary/aromatic N) is 1. The van der Waals surface area contributed by atoms with Crippen LogP contribution in [0.3, 0.4) is 0 Å². The van der Waals surface area contributed by atoms with Gasteiger partial charge in [-0.2, -0.15) is 0 Å². The van der Waals surface area contributed by atoms with Gasteiger partial charge in [-0.25, -0.2) is 13.1 Å². The van der Waals surface area contributed by atoms with Crippen molar-refractivity contribution >= 4 is 38.4 Å². The van der Waals surface area contributed by atoms with Gasteiger partial charge in [-0.3, -0.25) is 9.59 Å². The summed E-state index contributed by atoms with van der Waals surface area (Å²) in [6.45, 7) is 2.25. The fourth-order valence-corrected chi connectivity index (χ4v) is 4.43. The van der Waals surface area contributed by atoms with Gasteiger partial charge in [0, 0.05) is 39.8 Å². The molecule has 0 radical (unpaired) electrons. The van der Waals surface area contributed by atoms with E-state index in [2.05, 4.69) is 4.98 Å². The molecule has 2 aromatic carbocycles. The van der Waals surface area contributed by atoms with E-state index in [1.54, 1.807) is 34.9 Å². The van der Waals surface area contributed by atoms with Gasteiger partial charge in [-0.1, -0.05) is 41.4 Å². The smallest absolute Gasteiger partial charge is 0.282 e. The van der Waals surface area contributed by atoms with Crippen LogP contribution >= 0.6 is 11.6 Å². The lowest BCUT2D eigenvalue weighted by Crippen LogP contribution is -2.31. The highest BCUT2D eigenvalue weighted by molar-refractivity contribution is 7.89. The normalized spacial score (nSPS) is 11.6. The lowest BCUT2D eigenvalue weighted by atomic mass is 10.0. The fraction of sp³-hybridized carbons (Fsp3) is 0.130. The van der Waals surface area contributed by atoms with Crippen LogP contribution in [0, 0.1) is 6.92 Å². The van der Waals surface area contributed by atoms with Crippen molar-refractivity contribution in [1.29, 1.82) is 0 Å². The molecule has 0 unspecified atom stereocenters. The van der Waals surface area contributed by atoms with Crippen LogP contribution in [0.2, 0.25) is 5.02 Å². The number of halogens is 1. The maximum atomic E-state index is 13.2. The Morgan fingerprint density at radius 1 is 1.12 bits per heavy atom. The van der Waals surface area contributed by atoms with Gasteiger partial charge < -0.3 is 9.55 Å². The van der Waals surface area contributed by atoms with Gasteiger partial charge in [-0.05, 0) is 42.8 Å². The van der Waals surface area contributed by atoms with E-state index in [1.165, 1.54) is 6.20 Å². The van der Waals surface area contributed by atoms with Crippen LogP contribution in [-0.4, -0.2) is 30.1 Å². The Morgan fingerprint density at radius 3 is 2.59 bits per heavy atom. The predicted octanol–water partition coefficient (Wildman–Crippen LogP) is 3.70. The first-order valence-corrected chi connectivity index (χ1v) is 12.0. The Kier molecular flexibility index (Phi) is 5.66. The molecule has 0 bridgehead atoms. The van der Waals surface area contributed by atoms with E-state index in [-0.39, 0.29) is 17.8 Å². The number of hydrogen-bond donors (Lipinski definition) is 2. The van der Waals surface area contributed by atoms with Crippen molar-refractivity contribution in [2.24, 2.45) is 0 Å². The molecule has 0 atom stereocenters. The fourth-order valence-electron chi connectivity index (χ4n) is 3.83. The number of H-pyrrole nitrogens is 1. The van der Waals surface area contributed by atoms with E-state index in [1.807, 2.05) is 35.9 Å². The molecule has 9 heteroatoms. The molecule has 0 aliphatic heterocycles. The lowest BCUT2D eigenvalue weighted by molar-refractivity contribution is 0.0974. The Morgan fingerprint density at radius 2 is 1.91 bits per heavy atom. The number of sulfonamides is 1. The molecule has 0 spiro atoms. The van der Waals surface area contributed by atoms with Crippen molar-refractivity contribution < 1.29 is 13.2 Å². The van der Waals surface area contributed by atoms with Crippen LogP contribution in [0.4, 0.5) is 0 Å². The van der Waals surface area contributed by atoms with Gasteiger partial charge in [0.25, 0.3) is 11.5 Å². The van der Waals surface area contributed by atoms with Gasteiger partial charge >= 0.3 is 0 Å². The monoisotopic (exact) mass is 469 g/mol. The largest absolute Gasteiger partial charge is 0.331 e. The highest BCUT2D eigenvalue weighted by Gasteiger charge is 2.27. The number of benzene rings is 2. The summed E-state index contributed by atoms with van der Waals surface area (Å²) in [5, 5.41) is 0.995. The van der Waals surface area contributed by atoms with Gasteiger partial charge in [0.1, 0.15) is 5.69 Å². The number of aromatic nitrogens is 2. The second-order valence-electron chi connectivity index (χ2n) is 7.58. The van der Waals surface area contributed by atoms with Crippen molar-refractivity contribution in [3.63, 3.8) is 0 Å². The van der Waals surface area contributed by atoms with Crippen LogP contribution in [0.5, 0.6) is 0 Å². The summed E-state index contributed by atoms with van der Waals surface area (Å²) in [6, 6.07) is 16.1. The Bertz CT molecular complexity index is 1520. The van der Waals surface area contributed by atoms with E-state index in [0.717, 1.165) is 17.4 Å². The molecular formula is C23H20ClN3O4S. The highest BCUT2D eigenvalue weighted by atomic mass is 35.5. The molecule has 0 aliphatic rings. The third-order valence-corrected chi connectivity index (χ3v) is 5.82. The van der Waals surface area contributed by atoms with Crippen molar-refractivity contribution in [1.82, 2.24) is 14.3 Å². The molecule has 1 amide bonds. The third-order valence-electron chi connectivity index (χ3n) is 5.03. The van der Waals surface area contributed by atoms with Gasteiger partial charge in [0.15, 0.2) is 0 Å². The number of carbonyl (C=O) groups excluding carboxylic acids is 1. The molecule has 7 nitrogen and oxygen atoms in total. The number of rotatable bonds is 5. The molecule has 4 rings (SSSR count). The standard InChI is InChI=1S/C23H20ClN3O4S/c1-14-5-3-6-15(11-14)13-27-19-9-8-16(24)12-18(19)20(17-7-4-10-25-22(17)28)21(27)23(29)26-32(2,30)31/h3-12H,13H2,1-2H3,(H,25,28)(H,26,29). The highest BCUT2D eigenvalue weighted by Crippen LogP contribution is 2.36. The molecule has 0 aliphatic carbocycles. The molecule has 2 N–H and O–H groups in total. The van der Waals surface area contributed by atoms with Crippen LogP contribution in [-0.2, 0) is 16.6 Å². The van der Waals surface area contributed by atoms with Crippen LogP contribution in [0.1, 0.15) is 21.6 Å². The van der Waals surface area contributed by atoms with E-state index < -0.39 is 21.5 Å². The first-order valence-electron chi connectivity index (χ1n) is 9.71. The number of pyridine rings is 1. The molecule has 4 aromatic rings. The van der Waals surface area contributed by atoms with Crippen molar-refractivity contribution in [3.05, 3.63) is 93.0 Å². The zero-order chi connectivity index (χ0) is 23.0. The SMILES string of the molecule is Cc1cccc(Cn2c(C(=O)NS(C)(=O)=O)c(-c3ccc[nH]c3=O)c3cc(Cl)ccc32)c1. The lowest BCUT2D eigenvalue weighted by Gasteiger charge is -2.13. The summed E-state index contributed by atoms with van der Waals surface area (Å²) in [7, 11) is -3.85. The summed E-state index contributed by atoms with van der Waals surface area (Å²) < 4.78 is 27.5. The van der Waals surface area contributed by atoms with Crippen LogP contribution in [0.25, 0.3) is 22.0 Å². The Hall–Kier alpha value is -3.36. The summed E-state index contributed by atoms with van der Waals surface area (Å²) in [4.78, 5) is 28.5. The predicted molar refractivity (Wildman–Crippen MR) is 126 cm³/mol. The number of aryl methyl sites for hydroxylation is 1. The average molecular weight is 470 g/mol. The van der Waals surface area contributed by atoms with Crippen molar-refractivity contribution in [2.45, 2.75) is 13.5 Å². The Labute approximate surface area is 189 Å². The number of aromatic amines is 1. The minimum Gasteiger partial charge on any atom is -0.331 e. The van der Waals surface area contributed by atoms with E-state index in [9.17, 15) is 18.0 Å². The Balaban J connectivity index is 2.09. The minimum atomic E-state index is -3.85. The molecule has 32 heavy (non-hydrogen) atoms. The van der Waals surface area contributed by atoms with Crippen LogP contribution < -0.4 is 10.3 Å². The van der Waals surface area contributed by atoms with Crippen LogP contribution in [0.15, 0.2) is 65.6 Å². The van der Waals surface area contributed by atoms with E-state index in [0.29, 0.717) is 21.5 Å². The maximum Gasteiger partial charge on any atom is 0.282 e. The third kappa shape index (κ3) is 4.32. The zero-order valence-corrected chi connectivity index (χ0v) is 18.9. The summed E-state index contributed by atoms with van der Waals surface area (Å²) in [5.41, 5.74) is 2.82. The van der Waals surface area contributed by atoms with Crippen molar-refractivity contribution in [3.8, 4) is 11.1 Å². The van der Waals surface area contributed by atoms with Gasteiger partial charge in [-0.15, -0.1) is 0 Å². The quantitative estimate of drug-likeness (QED) is 0.465. The summed E-state index contributed by atoms with van der Waals surface area (Å²) in [5.74, 6) is -0.828.